The van der Waals surface area contributed by atoms with Crippen molar-refractivity contribution in [2.75, 3.05) is 23.4 Å². The molecule has 1 aliphatic rings. The number of nitrogens with zero attached hydrogens (tertiary/aromatic N) is 2. The third kappa shape index (κ3) is 4.49. The number of anilines is 2. The minimum atomic E-state index is -3.82. The van der Waals surface area contributed by atoms with Crippen LogP contribution in [0.2, 0.25) is 0 Å². The molecule has 2 heterocycles. The van der Waals surface area contributed by atoms with Gasteiger partial charge in [0.05, 0.1) is 21.3 Å². The molecular weight excluding hydrogens is 452 g/mol. The lowest BCUT2D eigenvalue weighted by molar-refractivity contribution is -0.123. The van der Waals surface area contributed by atoms with E-state index in [1.54, 1.807) is 23.5 Å². The summed E-state index contributed by atoms with van der Waals surface area (Å²) in [6.45, 7) is 3.51. The monoisotopic (exact) mass is 472 g/mol. The number of carbonyl (C=O) groups is 2. The van der Waals surface area contributed by atoms with Gasteiger partial charge in [-0.05, 0) is 56.3 Å². The van der Waals surface area contributed by atoms with Crippen molar-refractivity contribution in [1.29, 1.82) is 0 Å². The van der Waals surface area contributed by atoms with Crippen LogP contribution in [0, 0.1) is 13.8 Å². The molecule has 3 aromatic rings. The summed E-state index contributed by atoms with van der Waals surface area (Å²) in [5.41, 5.74) is 2.52. The number of aryl methyl sites for hydroxylation is 2. The van der Waals surface area contributed by atoms with Crippen molar-refractivity contribution in [3.05, 3.63) is 52.3 Å². The van der Waals surface area contributed by atoms with Crippen LogP contribution in [0.15, 0.2) is 47.4 Å². The van der Waals surface area contributed by atoms with Crippen LogP contribution in [-0.2, 0) is 19.6 Å². The van der Waals surface area contributed by atoms with Crippen molar-refractivity contribution < 1.29 is 22.7 Å². The maximum Gasteiger partial charge on any atom is 0.265 e. The largest absolute Gasteiger partial charge is 0.482 e. The van der Waals surface area contributed by atoms with E-state index in [0.29, 0.717) is 17.1 Å². The smallest absolute Gasteiger partial charge is 0.265 e. The quantitative estimate of drug-likeness (QED) is 0.586. The lowest BCUT2D eigenvalue weighted by Gasteiger charge is -2.29. The van der Waals surface area contributed by atoms with Gasteiger partial charge in [0.25, 0.3) is 5.91 Å². The number of hydrogen-bond acceptors (Lipinski definition) is 7. The molecule has 0 saturated carbocycles. The van der Waals surface area contributed by atoms with Crippen LogP contribution in [0.5, 0.6) is 5.75 Å². The van der Waals surface area contributed by atoms with Gasteiger partial charge in [0.2, 0.25) is 15.9 Å². The van der Waals surface area contributed by atoms with Crippen LogP contribution in [0.3, 0.4) is 0 Å². The Morgan fingerprint density at radius 1 is 1.22 bits per heavy atom. The Bertz CT molecular complexity index is 1320. The van der Waals surface area contributed by atoms with Gasteiger partial charge in [-0.1, -0.05) is 0 Å². The topological polar surface area (TPSA) is 132 Å². The third-order valence-corrected chi connectivity index (χ3v) is 6.66. The molecule has 32 heavy (non-hydrogen) atoms. The summed E-state index contributed by atoms with van der Waals surface area (Å²) in [5.74, 6) is -0.288. The first kappa shape index (κ1) is 21.9. The molecular formula is C21H20N4O5S2. The fourth-order valence-electron chi connectivity index (χ4n) is 3.39. The molecule has 0 saturated heterocycles. The van der Waals surface area contributed by atoms with Crippen LogP contribution >= 0.6 is 11.3 Å². The van der Waals surface area contributed by atoms with Gasteiger partial charge < -0.3 is 10.1 Å². The minimum absolute atomic E-state index is 0.0621. The minimum Gasteiger partial charge on any atom is -0.482 e. The highest BCUT2D eigenvalue weighted by Crippen LogP contribution is 2.37. The van der Waals surface area contributed by atoms with Crippen molar-refractivity contribution in [2.45, 2.75) is 18.7 Å². The molecule has 0 atom stereocenters. The summed E-state index contributed by atoms with van der Waals surface area (Å²) in [6.07, 6.45) is 0. The summed E-state index contributed by atoms with van der Waals surface area (Å²) in [4.78, 5) is 32.1. The normalized spacial score (nSPS) is 13.5. The molecule has 0 fully saturated rings. The fraction of sp³-hybridized carbons (Fsp3) is 0.190. The van der Waals surface area contributed by atoms with E-state index in [-0.39, 0.29) is 24.0 Å². The fourth-order valence-corrected chi connectivity index (χ4v) is 4.75. The molecule has 11 heteroatoms. The van der Waals surface area contributed by atoms with Crippen molar-refractivity contribution in [2.24, 2.45) is 5.14 Å². The van der Waals surface area contributed by atoms with Crippen LogP contribution in [0.25, 0.3) is 11.3 Å². The summed E-state index contributed by atoms with van der Waals surface area (Å²) < 4.78 is 28.3. The molecule has 0 bridgehead atoms. The second kappa shape index (κ2) is 8.34. The molecule has 1 aliphatic heterocycles. The number of sulfonamides is 1. The Morgan fingerprint density at radius 2 is 1.94 bits per heavy atom. The first-order chi connectivity index (χ1) is 15.1. The van der Waals surface area contributed by atoms with Crippen LogP contribution < -0.4 is 20.1 Å². The highest BCUT2D eigenvalue weighted by Gasteiger charge is 2.28. The zero-order valence-electron chi connectivity index (χ0n) is 17.3. The second-order valence-electron chi connectivity index (χ2n) is 7.21. The van der Waals surface area contributed by atoms with Gasteiger partial charge in [-0.2, -0.15) is 0 Å². The van der Waals surface area contributed by atoms with E-state index in [1.807, 2.05) is 19.9 Å². The predicted molar refractivity (Wildman–Crippen MR) is 121 cm³/mol. The van der Waals surface area contributed by atoms with Crippen LogP contribution in [0.1, 0.15) is 9.88 Å². The average molecular weight is 473 g/mol. The van der Waals surface area contributed by atoms with Gasteiger partial charge in [-0.15, -0.1) is 11.3 Å². The number of primary sulfonamides is 1. The number of carbonyl (C=O) groups excluding carboxylic acids is 2. The van der Waals surface area contributed by atoms with E-state index < -0.39 is 15.9 Å². The third-order valence-electron chi connectivity index (χ3n) is 4.85. The summed E-state index contributed by atoms with van der Waals surface area (Å²) in [7, 11) is -3.82. The number of hydrogen-bond donors (Lipinski definition) is 2. The van der Waals surface area contributed by atoms with Crippen molar-refractivity contribution in [3.63, 3.8) is 0 Å². The first-order valence-corrected chi connectivity index (χ1v) is 11.9. The highest BCUT2D eigenvalue weighted by atomic mass is 32.2. The molecule has 0 radical (unpaired) electrons. The van der Waals surface area contributed by atoms with E-state index in [0.717, 1.165) is 21.1 Å². The summed E-state index contributed by atoms with van der Waals surface area (Å²) in [6, 6.07) is 10.9. The van der Waals surface area contributed by atoms with Crippen molar-refractivity contribution in [1.82, 2.24) is 4.98 Å². The molecule has 9 nitrogen and oxygen atoms in total. The van der Waals surface area contributed by atoms with Gasteiger partial charge >= 0.3 is 0 Å². The zero-order valence-corrected chi connectivity index (χ0v) is 18.9. The number of nitrogens with two attached hydrogens (primary N) is 1. The van der Waals surface area contributed by atoms with Gasteiger partial charge in [-0.25, -0.2) is 18.5 Å². The van der Waals surface area contributed by atoms with Gasteiger partial charge in [0, 0.05) is 16.1 Å². The van der Waals surface area contributed by atoms with E-state index in [2.05, 4.69) is 10.3 Å². The number of aromatic nitrogens is 1. The Labute approximate surface area is 188 Å². The molecule has 4 rings (SSSR count). The molecule has 166 valence electrons. The van der Waals surface area contributed by atoms with Crippen LogP contribution in [0.4, 0.5) is 11.4 Å². The zero-order chi connectivity index (χ0) is 23.0. The number of nitrogens with one attached hydrogen (secondary N) is 1. The molecule has 0 aliphatic carbocycles. The van der Waals surface area contributed by atoms with Crippen molar-refractivity contribution in [3.8, 4) is 17.0 Å². The highest BCUT2D eigenvalue weighted by molar-refractivity contribution is 7.89. The molecule has 0 unspecified atom stereocenters. The number of fused-ring (bicyclic) bond motifs is 1. The standard InChI is InChI=1S/C21H20N4O5S2/c1-12-21(23-13(2)31-12)14-3-8-18-17(9-14)25(20(27)11-30-18)10-19(26)24-15-4-6-16(7-5-15)32(22,28)29/h3-9H,10-11H2,1-2H3,(H,24,26)(H2,22,28,29). The lowest BCUT2D eigenvalue weighted by Crippen LogP contribution is -2.43. The number of thiazole rings is 1. The SMILES string of the molecule is Cc1nc(-c2ccc3c(c2)N(CC(=O)Nc2ccc(S(N)(=O)=O)cc2)C(=O)CO3)c(C)s1. The molecule has 3 N–H and O–H groups in total. The predicted octanol–water partition coefficient (Wildman–Crippen LogP) is 2.44. The van der Waals surface area contributed by atoms with E-state index in [1.165, 1.54) is 29.2 Å². The van der Waals surface area contributed by atoms with Crippen LogP contribution in [-0.4, -0.2) is 38.4 Å². The summed E-state index contributed by atoms with van der Waals surface area (Å²) in [5, 5.41) is 8.68. The maximum atomic E-state index is 12.6. The molecule has 2 amide bonds. The van der Waals surface area contributed by atoms with E-state index in [9.17, 15) is 18.0 Å². The molecule has 2 aromatic carbocycles. The number of ether oxygens (including phenoxy) is 1. The second-order valence-corrected chi connectivity index (χ2v) is 10.2. The molecule has 1 aromatic heterocycles. The Hall–Kier alpha value is -3.28. The van der Waals surface area contributed by atoms with E-state index >= 15 is 0 Å². The van der Waals surface area contributed by atoms with Gasteiger partial charge in [-0.3, -0.25) is 14.5 Å². The number of rotatable bonds is 5. The molecule has 0 spiro atoms. The lowest BCUT2D eigenvalue weighted by atomic mass is 10.1. The van der Waals surface area contributed by atoms with E-state index in [4.69, 9.17) is 9.88 Å². The van der Waals surface area contributed by atoms with Gasteiger partial charge in [0.1, 0.15) is 12.3 Å². The number of benzene rings is 2. The van der Waals surface area contributed by atoms with Crippen molar-refractivity contribution >= 4 is 44.5 Å². The average Bonchev–Trinajstić information content (AvgIpc) is 3.07. The Morgan fingerprint density at radius 3 is 2.56 bits per heavy atom. The Kier molecular flexibility index (Phi) is 5.71. The first-order valence-electron chi connectivity index (χ1n) is 9.56. The Balaban J connectivity index is 1.56. The maximum absolute atomic E-state index is 12.6. The summed E-state index contributed by atoms with van der Waals surface area (Å²) >= 11 is 1.58. The van der Waals surface area contributed by atoms with Gasteiger partial charge in [0.15, 0.2) is 6.61 Å². The number of amides is 2.